The van der Waals surface area contributed by atoms with Crippen LogP contribution >= 0.6 is 0 Å². The van der Waals surface area contributed by atoms with Gasteiger partial charge in [-0.25, -0.2) is 9.78 Å². The highest BCUT2D eigenvalue weighted by Gasteiger charge is 2.27. The van der Waals surface area contributed by atoms with Crippen LogP contribution in [0.3, 0.4) is 0 Å². The van der Waals surface area contributed by atoms with Gasteiger partial charge < -0.3 is 19.4 Å². The molecule has 1 aromatic heterocycles. The molecule has 0 atom stereocenters. The van der Waals surface area contributed by atoms with Crippen LogP contribution in [0.15, 0.2) is 12.1 Å². The highest BCUT2D eigenvalue weighted by molar-refractivity contribution is 5.80. The second-order valence-corrected chi connectivity index (χ2v) is 8.70. The number of nitrogens with one attached hydrogen (secondary N) is 1. The Morgan fingerprint density at radius 3 is 2.52 bits per heavy atom. The van der Waals surface area contributed by atoms with Gasteiger partial charge in [-0.3, -0.25) is 0 Å². The monoisotopic (exact) mass is 373 g/mol. The summed E-state index contributed by atoms with van der Waals surface area (Å²) < 4.78 is 11.7. The van der Waals surface area contributed by atoms with Gasteiger partial charge in [0, 0.05) is 37.9 Å². The molecule has 2 heterocycles. The number of carbonyl (C=O) groups excluding carboxylic acids is 1. The predicted molar refractivity (Wildman–Crippen MR) is 106 cm³/mol. The Morgan fingerprint density at radius 1 is 1.26 bits per heavy atom. The first-order valence-electron chi connectivity index (χ1n) is 9.77. The van der Waals surface area contributed by atoms with Crippen molar-refractivity contribution < 1.29 is 14.3 Å². The highest BCUT2D eigenvalue weighted by atomic mass is 16.6. The fourth-order valence-corrected chi connectivity index (χ4v) is 3.29. The number of rotatable bonds is 3. The van der Waals surface area contributed by atoms with E-state index < -0.39 is 5.60 Å². The van der Waals surface area contributed by atoms with Crippen molar-refractivity contribution in [2.45, 2.75) is 72.0 Å². The highest BCUT2D eigenvalue weighted by Crippen LogP contribution is 2.27. The summed E-state index contributed by atoms with van der Waals surface area (Å²) in [5.41, 5.74) is 2.67. The molecule has 1 fully saturated rings. The maximum atomic E-state index is 12.2. The number of nitrogens with zero attached hydrogens (tertiary/aromatic N) is 2. The normalized spacial score (nSPS) is 16.2. The van der Waals surface area contributed by atoms with Crippen LogP contribution < -0.4 is 4.74 Å². The van der Waals surface area contributed by atoms with Gasteiger partial charge in [0.25, 0.3) is 0 Å². The average Bonchev–Trinajstić information content (AvgIpc) is 2.99. The fourth-order valence-electron chi connectivity index (χ4n) is 3.29. The number of amides is 1. The number of likely N-dealkylation sites (tertiary alicyclic amines) is 1. The van der Waals surface area contributed by atoms with Crippen molar-refractivity contribution in [3.63, 3.8) is 0 Å². The third-order valence-corrected chi connectivity index (χ3v) is 4.71. The Morgan fingerprint density at radius 2 is 1.93 bits per heavy atom. The van der Waals surface area contributed by atoms with Gasteiger partial charge in [-0.15, -0.1) is 0 Å². The van der Waals surface area contributed by atoms with E-state index in [2.05, 4.69) is 30.7 Å². The number of aromatic nitrogens is 2. The summed E-state index contributed by atoms with van der Waals surface area (Å²) in [4.78, 5) is 22.0. The van der Waals surface area contributed by atoms with E-state index in [1.54, 1.807) is 4.90 Å². The summed E-state index contributed by atoms with van der Waals surface area (Å²) in [6, 6.07) is 4.08. The predicted octanol–water partition coefficient (Wildman–Crippen LogP) is 4.77. The zero-order valence-corrected chi connectivity index (χ0v) is 17.3. The van der Waals surface area contributed by atoms with E-state index in [1.807, 2.05) is 32.9 Å². The van der Waals surface area contributed by atoms with Gasteiger partial charge in [0.1, 0.15) is 23.3 Å². The van der Waals surface area contributed by atoms with E-state index in [0.717, 1.165) is 41.0 Å². The van der Waals surface area contributed by atoms with E-state index in [0.29, 0.717) is 19.0 Å². The number of carbonyl (C=O) groups is 1. The molecule has 0 saturated carbocycles. The quantitative estimate of drug-likeness (QED) is 0.841. The lowest BCUT2D eigenvalue weighted by molar-refractivity contribution is 0.0127. The largest absolute Gasteiger partial charge is 0.490 e. The Bertz CT molecular complexity index is 812. The van der Waals surface area contributed by atoms with Crippen LogP contribution in [0.5, 0.6) is 5.75 Å². The Hall–Kier alpha value is -2.24. The van der Waals surface area contributed by atoms with Crippen molar-refractivity contribution in [3.8, 4) is 5.75 Å². The lowest BCUT2D eigenvalue weighted by Gasteiger charge is -2.33. The summed E-state index contributed by atoms with van der Waals surface area (Å²) in [5.74, 6) is 2.21. The van der Waals surface area contributed by atoms with Crippen LogP contribution in [-0.2, 0) is 4.74 Å². The molecular weight excluding hydrogens is 342 g/mol. The molecule has 3 rings (SSSR count). The molecule has 6 heteroatoms. The maximum absolute atomic E-state index is 12.2. The minimum Gasteiger partial charge on any atom is -0.490 e. The molecule has 0 aliphatic carbocycles. The van der Waals surface area contributed by atoms with Crippen LogP contribution in [0.25, 0.3) is 11.0 Å². The molecule has 0 spiro atoms. The van der Waals surface area contributed by atoms with Crippen molar-refractivity contribution >= 4 is 17.1 Å². The molecule has 1 N–H and O–H groups in total. The molecule has 27 heavy (non-hydrogen) atoms. The van der Waals surface area contributed by atoms with Gasteiger partial charge >= 0.3 is 6.09 Å². The molecule has 1 aliphatic rings. The second-order valence-electron chi connectivity index (χ2n) is 8.70. The van der Waals surface area contributed by atoms with Crippen molar-refractivity contribution in [1.29, 1.82) is 0 Å². The zero-order valence-electron chi connectivity index (χ0n) is 17.3. The number of fused-ring (bicyclic) bond motifs is 1. The number of imidazole rings is 1. The summed E-state index contributed by atoms with van der Waals surface area (Å²) in [7, 11) is 0. The van der Waals surface area contributed by atoms with Gasteiger partial charge in [0.15, 0.2) is 0 Å². The first-order chi connectivity index (χ1) is 12.6. The lowest BCUT2D eigenvalue weighted by atomic mass is 10.1. The SMILES string of the molecule is Cc1cc(OC2CCN(C(=O)OC(C)(C)C)CC2)cc2[nH]c(C(C)C)nc12. The van der Waals surface area contributed by atoms with Gasteiger partial charge in [0.05, 0.1) is 11.0 Å². The van der Waals surface area contributed by atoms with Crippen LogP contribution in [0.4, 0.5) is 4.79 Å². The number of piperidine rings is 1. The van der Waals surface area contributed by atoms with Crippen LogP contribution in [0.1, 0.15) is 64.8 Å². The molecule has 0 bridgehead atoms. The molecule has 1 aliphatic heterocycles. The van der Waals surface area contributed by atoms with Crippen LogP contribution in [0.2, 0.25) is 0 Å². The molecule has 148 valence electrons. The second kappa shape index (κ2) is 7.41. The number of hydrogen-bond donors (Lipinski definition) is 1. The van der Waals surface area contributed by atoms with E-state index in [4.69, 9.17) is 9.47 Å². The molecule has 1 saturated heterocycles. The molecular formula is C21H31N3O3. The fraction of sp³-hybridized carbons (Fsp3) is 0.619. The van der Waals surface area contributed by atoms with E-state index in [1.165, 1.54) is 0 Å². The van der Waals surface area contributed by atoms with E-state index in [9.17, 15) is 4.79 Å². The van der Waals surface area contributed by atoms with Gasteiger partial charge in [-0.05, 0) is 39.3 Å². The molecule has 6 nitrogen and oxygen atoms in total. The average molecular weight is 373 g/mol. The van der Waals surface area contributed by atoms with E-state index in [-0.39, 0.29) is 12.2 Å². The van der Waals surface area contributed by atoms with E-state index >= 15 is 0 Å². The zero-order chi connectivity index (χ0) is 19.8. The summed E-state index contributed by atoms with van der Waals surface area (Å²) in [5, 5.41) is 0. The standard InChI is InChI=1S/C21H31N3O3/c1-13(2)19-22-17-12-16(11-14(3)18(17)23-19)26-15-7-9-24(10-8-15)20(25)27-21(4,5)6/h11-13,15H,7-10H2,1-6H3,(H,22,23). The molecule has 2 aromatic rings. The Kier molecular flexibility index (Phi) is 5.36. The number of aromatic amines is 1. The van der Waals surface area contributed by atoms with Crippen molar-refractivity contribution in [1.82, 2.24) is 14.9 Å². The molecule has 1 amide bonds. The Balaban J connectivity index is 1.63. The summed E-state index contributed by atoms with van der Waals surface area (Å²) >= 11 is 0. The maximum Gasteiger partial charge on any atom is 0.410 e. The molecule has 1 aromatic carbocycles. The lowest BCUT2D eigenvalue weighted by Crippen LogP contribution is -2.44. The number of H-pyrrole nitrogens is 1. The van der Waals surface area contributed by atoms with Crippen molar-refractivity contribution in [3.05, 3.63) is 23.5 Å². The topological polar surface area (TPSA) is 67.4 Å². The van der Waals surface area contributed by atoms with Crippen molar-refractivity contribution in [2.75, 3.05) is 13.1 Å². The van der Waals surface area contributed by atoms with Gasteiger partial charge in [-0.1, -0.05) is 13.8 Å². The smallest absolute Gasteiger partial charge is 0.410 e. The third-order valence-electron chi connectivity index (χ3n) is 4.71. The minimum atomic E-state index is -0.462. The third kappa shape index (κ3) is 4.73. The number of aryl methyl sites for hydroxylation is 1. The summed E-state index contributed by atoms with van der Waals surface area (Å²) in [6.45, 7) is 13.3. The van der Waals surface area contributed by atoms with Gasteiger partial charge in [-0.2, -0.15) is 0 Å². The van der Waals surface area contributed by atoms with Crippen LogP contribution in [-0.4, -0.2) is 45.8 Å². The van der Waals surface area contributed by atoms with Crippen LogP contribution in [0, 0.1) is 6.92 Å². The summed E-state index contributed by atoms with van der Waals surface area (Å²) in [6.07, 6.45) is 1.47. The number of benzene rings is 1. The number of ether oxygens (including phenoxy) is 2. The molecule has 0 radical (unpaired) electrons. The minimum absolute atomic E-state index is 0.105. The van der Waals surface area contributed by atoms with Crippen molar-refractivity contribution in [2.24, 2.45) is 0 Å². The first kappa shape index (κ1) is 19.5. The van der Waals surface area contributed by atoms with Gasteiger partial charge in [0.2, 0.25) is 0 Å². The molecule has 0 unspecified atom stereocenters. The Labute approximate surface area is 161 Å². The number of hydrogen-bond acceptors (Lipinski definition) is 4. The first-order valence-corrected chi connectivity index (χ1v) is 9.77.